The first-order chi connectivity index (χ1) is 16.0. The van der Waals surface area contributed by atoms with Gasteiger partial charge in [-0.3, -0.25) is 14.2 Å². The fraction of sp³-hybridized carbons (Fsp3) is 0.333. The Hall–Kier alpha value is -2.94. The molecule has 0 aliphatic rings. The highest BCUT2D eigenvalue weighted by atomic mass is 35.5. The highest BCUT2D eigenvalue weighted by Gasteiger charge is 2.29. The quantitative estimate of drug-likeness (QED) is 0.489. The first-order valence-corrected chi connectivity index (χ1v) is 11.4. The minimum atomic E-state index is -1.79. The summed E-state index contributed by atoms with van der Waals surface area (Å²) in [7, 11) is 0. The van der Waals surface area contributed by atoms with Crippen LogP contribution in [0, 0.1) is 13.8 Å². The fourth-order valence-electron chi connectivity index (χ4n) is 3.81. The number of benzene rings is 2. The van der Waals surface area contributed by atoms with Gasteiger partial charge in [-0.15, -0.1) is 0 Å². The Morgan fingerprint density at radius 2 is 1.82 bits per heavy atom. The van der Waals surface area contributed by atoms with E-state index in [4.69, 9.17) is 27.9 Å². The number of aromatic nitrogens is 2. The number of carbonyl (C=O) groups is 2. The lowest BCUT2D eigenvalue weighted by Gasteiger charge is -2.21. The number of ether oxygens (including phenoxy) is 1. The molecule has 8 nitrogen and oxygen atoms in total. The van der Waals surface area contributed by atoms with Gasteiger partial charge in [0.25, 0.3) is 11.5 Å². The predicted molar refractivity (Wildman–Crippen MR) is 131 cm³/mol. The molecule has 3 aromatic rings. The number of esters is 1. The zero-order chi connectivity index (χ0) is 25.3. The van der Waals surface area contributed by atoms with Gasteiger partial charge in [0.15, 0.2) is 11.9 Å². The molecule has 180 valence electrons. The Morgan fingerprint density at radius 1 is 1.21 bits per heavy atom. The number of hydrogen-bond acceptors (Lipinski definition) is 6. The zero-order valence-electron chi connectivity index (χ0n) is 19.4. The minimum absolute atomic E-state index is 0.0642. The second-order valence-corrected chi connectivity index (χ2v) is 8.87. The van der Waals surface area contributed by atoms with Crippen molar-refractivity contribution in [1.82, 2.24) is 14.9 Å². The van der Waals surface area contributed by atoms with Crippen LogP contribution in [0.2, 0.25) is 10.0 Å². The van der Waals surface area contributed by atoms with Crippen molar-refractivity contribution in [2.24, 2.45) is 0 Å². The number of carbonyl (C=O) groups excluding carboxylic acids is 2. The average molecular weight is 506 g/mol. The van der Waals surface area contributed by atoms with Crippen LogP contribution in [0.1, 0.15) is 54.2 Å². The lowest BCUT2D eigenvalue weighted by molar-refractivity contribution is -0.130. The van der Waals surface area contributed by atoms with Crippen molar-refractivity contribution in [2.75, 3.05) is 6.61 Å². The first-order valence-electron chi connectivity index (χ1n) is 10.7. The van der Waals surface area contributed by atoms with E-state index in [1.807, 2.05) is 0 Å². The molecule has 1 unspecified atom stereocenters. The number of amides is 1. The van der Waals surface area contributed by atoms with Gasteiger partial charge in [-0.05, 0) is 63.9 Å². The summed E-state index contributed by atoms with van der Waals surface area (Å²) < 4.78 is 6.18. The first kappa shape index (κ1) is 25.7. The molecule has 0 saturated carbocycles. The van der Waals surface area contributed by atoms with Gasteiger partial charge in [-0.2, -0.15) is 0 Å². The number of nitrogens with zero attached hydrogens (tertiary/aromatic N) is 2. The summed E-state index contributed by atoms with van der Waals surface area (Å²) in [5.74, 6) is -1.57. The van der Waals surface area contributed by atoms with Gasteiger partial charge in [0.2, 0.25) is 0 Å². The summed E-state index contributed by atoms with van der Waals surface area (Å²) in [6.07, 6.45) is -1.79. The van der Waals surface area contributed by atoms with Crippen LogP contribution in [0.25, 0.3) is 16.6 Å². The summed E-state index contributed by atoms with van der Waals surface area (Å²) in [6.45, 7) is 8.64. The predicted octanol–water partition coefficient (Wildman–Crippen LogP) is 4.04. The van der Waals surface area contributed by atoms with E-state index in [0.29, 0.717) is 11.1 Å². The number of fused-ring (bicyclic) bond motifs is 1. The largest absolute Gasteiger partial charge is 0.462 e. The number of aryl methyl sites for hydroxylation is 2. The van der Waals surface area contributed by atoms with Crippen LogP contribution < -0.4 is 10.9 Å². The van der Waals surface area contributed by atoms with E-state index < -0.39 is 23.5 Å². The average Bonchev–Trinajstić information content (AvgIpc) is 2.73. The third-order valence-corrected chi connectivity index (χ3v) is 5.81. The standard InChI is InChI=1S/C24H25Cl2N3O5/c1-6-34-24(33)17-12(4)10-16-18(13(17)5)23(32)29(19-14(25)8-7-9-15(19)26)21(28-16)20(30)22(31)27-11(2)3/h7-11,20,30H,6H2,1-5H3,(H,27,31). The van der Waals surface area contributed by atoms with Crippen LogP contribution in [0.3, 0.4) is 0 Å². The van der Waals surface area contributed by atoms with E-state index in [1.165, 1.54) is 12.1 Å². The van der Waals surface area contributed by atoms with E-state index in [0.717, 1.165) is 4.57 Å². The van der Waals surface area contributed by atoms with Gasteiger partial charge >= 0.3 is 5.97 Å². The van der Waals surface area contributed by atoms with Crippen LogP contribution in [0.15, 0.2) is 29.1 Å². The lowest BCUT2D eigenvalue weighted by Crippen LogP contribution is -2.37. The number of halogens is 2. The van der Waals surface area contributed by atoms with Crippen LogP contribution in [0.5, 0.6) is 0 Å². The molecule has 0 saturated heterocycles. The second kappa shape index (κ2) is 10.1. The maximum Gasteiger partial charge on any atom is 0.338 e. The molecule has 1 atom stereocenters. The molecule has 0 aliphatic carbocycles. The summed E-state index contributed by atoms with van der Waals surface area (Å²) in [5, 5.41) is 13.9. The van der Waals surface area contributed by atoms with E-state index >= 15 is 0 Å². The summed E-state index contributed by atoms with van der Waals surface area (Å²) in [6, 6.07) is 5.93. The van der Waals surface area contributed by atoms with Crippen molar-refractivity contribution >= 4 is 46.0 Å². The van der Waals surface area contributed by atoms with Gasteiger partial charge in [-0.25, -0.2) is 9.78 Å². The Kier molecular flexibility index (Phi) is 7.65. The molecular formula is C24H25Cl2N3O5. The van der Waals surface area contributed by atoms with E-state index in [2.05, 4.69) is 10.3 Å². The topological polar surface area (TPSA) is 111 Å². The molecule has 0 radical (unpaired) electrons. The molecule has 10 heteroatoms. The summed E-state index contributed by atoms with van der Waals surface area (Å²) >= 11 is 12.8. The van der Waals surface area contributed by atoms with Crippen molar-refractivity contribution in [2.45, 2.75) is 46.8 Å². The molecule has 0 spiro atoms. The molecule has 0 aliphatic heterocycles. The van der Waals surface area contributed by atoms with Gasteiger partial charge in [0, 0.05) is 6.04 Å². The fourth-order valence-corrected chi connectivity index (χ4v) is 4.38. The Morgan fingerprint density at radius 3 is 2.38 bits per heavy atom. The number of aliphatic hydroxyl groups is 1. The second-order valence-electron chi connectivity index (χ2n) is 8.05. The van der Waals surface area contributed by atoms with E-state index in [9.17, 15) is 19.5 Å². The van der Waals surface area contributed by atoms with Gasteiger partial charge in [0.05, 0.1) is 38.8 Å². The molecule has 2 aromatic carbocycles. The molecule has 1 heterocycles. The monoisotopic (exact) mass is 505 g/mol. The smallest absolute Gasteiger partial charge is 0.338 e. The normalized spacial score (nSPS) is 12.1. The van der Waals surface area contributed by atoms with Crippen molar-refractivity contribution in [3.63, 3.8) is 0 Å². The van der Waals surface area contributed by atoms with Crippen LogP contribution in [-0.2, 0) is 9.53 Å². The summed E-state index contributed by atoms with van der Waals surface area (Å²) in [5.41, 5.74) is 0.769. The highest BCUT2D eigenvalue weighted by molar-refractivity contribution is 6.37. The third kappa shape index (κ3) is 4.66. The molecule has 34 heavy (non-hydrogen) atoms. The molecule has 1 amide bonds. The van der Waals surface area contributed by atoms with Gasteiger partial charge < -0.3 is 15.2 Å². The molecular weight excluding hydrogens is 481 g/mol. The Bertz CT molecular complexity index is 1330. The third-order valence-electron chi connectivity index (χ3n) is 5.20. The molecule has 2 N–H and O–H groups in total. The maximum atomic E-state index is 13.9. The van der Waals surface area contributed by atoms with Crippen molar-refractivity contribution in [1.29, 1.82) is 0 Å². The maximum absolute atomic E-state index is 13.9. The highest BCUT2D eigenvalue weighted by Crippen LogP contribution is 2.31. The number of rotatable bonds is 6. The zero-order valence-corrected chi connectivity index (χ0v) is 20.9. The van der Waals surface area contributed by atoms with Crippen molar-refractivity contribution < 1.29 is 19.4 Å². The number of aliphatic hydroxyl groups excluding tert-OH is 1. The van der Waals surface area contributed by atoms with Crippen LogP contribution >= 0.6 is 23.2 Å². The van der Waals surface area contributed by atoms with Crippen molar-refractivity contribution in [3.8, 4) is 5.69 Å². The lowest BCUT2D eigenvalue weighted by atomic mass is 9.98. The van der Waals surface area contributed by atoms with Crippen LogP contribution in [-0.4, -0.2) is 39.2 Å². The van der Waals surface area contributed by atoms with E-state index in [-0.39, 0.29) is 50.7 Å². The minimum Gasteiger partial charge on any atom is -0.462 e. The molecule has 1 aromatic heterocycles. The van der Waals surface area contributed by atoms with Crippen LogP contribution in [0.4, 0.5) is 0 Å². The molecule has 3 rings (SSSR count). The van der Waals surface area contributed by atoms with E-state index in [1.54, 1.807) is 46.8 Å². The summed E-state index contributed by atoms with van der Waals surface area (Å²) in [4.78, 5) is 43.6. The van der Waals surface area contributed by atoms with Crippen molar-refractivity contribution in [3.05, 3.63) is 67.2 Å². The van der Waals surface area contributed by atoms with Gasteiger partial charge in [0.1, 0.15) is 0 Å². The Balaban J connectivity index is 2.46. The number of nitrogens with one attached hydrogen (secondary N) is 1. The van der Waals surface area contributed by atoms with Gasteiger partial charge in [-0.1, -0.05) is 29.3 Å². The molecule has 0 fully saturated rings. The number of para-hydroxylation sites is 1. The Labute approximate surface area is 206 Å². The SMILES string of the molecule is CCOC(=O)c1c(C)cc2nc(C(O)C(=O)NC(C)C)n(-c3c(Cl)cccc3Cl)c(=O)c2c1C. The number of hydrogen-bond donors (Lipinski definition) is 2. The molecule has 0 bridgehead atoms.